The number of pyridine rings is 1. The van der Waals surface area contributed by atoms with Crippen molar-refractivity contribution in [3.63, 3.8) is 0 Å². The van der Waals surface area contributed by atoms with Crippen molar-refractivity contribution >= 4 is 23.3 Å². The number of hydrogen-bond donors (Lipinski definition) is 0. The summed E-state index contributed by atoms with van der Waals surface area (Å²) in [5, 5.41) is 0.742. The van der Waals surface area contributed by atoms with Crippen LogP contribution >= 0.6 is 11.6 Å². The normalized spacial score (nSPS) is 10.8. The van der Waals surface area contributed by atoms with E-state index >= 15 is 0 Å². The lowest BCUT2D eigenvalue weighted by molar-refractivity contribution is 0.0782. The maximum atomic E-state index is 12.7. The molecule has 0 aliphatic rings. The van der Waals surface area contributed by atoms with Crippen LogP contribution in [0.2, 0.25) is 5.02 Å². The van der Waals surface area contributed by atoms with Crippen LogP contribution in [-0.2, 0) is 6.54 Å². The Morgan fingerprint density at radius 2 is 1.84 bits per heavy atom. The molecular formula is C19H25ClN4O. The Morgan fingerprint density at radius 3 is 2.52 bits per heavy atom. The van der Waals surface area contributed by atoms with Gasteiger partial charge in [0.2, 0.25) is 0 Å². The van der Waals surface area contributed by atoms with E-state index in [4.69, 9.17) is 11.6 Å². The number of halogens is 1. The molecule has 0 atom stereocenters. The number of aromatic nitrogens is 1. The molecule has 1 amide bonds. The molecule has 0 saturated heterocycles. The summed E-state index contributed by atoms with van der Waals surface area (Å²) in [5.74, 6) is 0.666. The third kappa shape index (κ3) is 5.44. The Kier molecular flexibility index (Phi) is 6.79. The maximum Gasteiger partial charge on any atom is 0.257 e. The van der Waals surface area contributed by atoms with Crippen LogP contribution in [0.1, 0.15) is 15.9 Å². The molecule has 2 aromatic rings. The van der Waals surface area contributed by atoms with E-state index in [2.05, 4.69) is 16.0 Å². The van der Waals surface area contributed by atoms with E-state index < -0.39 is 0 Å². The number of amides is 1. The first-order valence-corrected chi connectivity index (χ1v) is 8.57. The van der Waals surface area contributed by atoms with E-state index in [1.165, 1.54) is 0 Å². The highest BCUT2D eigenvalue weighted by Gasteiger charge is 2.17. The van der Waals surface area contributed by atoms with Crippen molar-refractivity contribution in [2.45, 2.75) is 6.54 Å². The van der Waals surface area contributed by atoms with Gasteiger partial charge in [0.1, 0.15) is 5.82 Å². The Hall–Kier alpha value is -2.11. The minimum atomic E-state index is -0.0204. The van der Waals surface area contributed by atoms with Gasteiger partial charge in [-0.2, -0.15) is 0 Å². The van der Waals surface area contributed by atoms with Gasteiger partial charge in [-0.05, 0) is 36.9 Å². The summed E-state index contributed by atoms with van der Waals surface area (Å²) in [7, 11) is 7.63. The number of nitrogens with zero attached hydrogens (tertiary/aromatic N) is 4. The van der Waals surface area contributed by atoms with Gasteiger partial charge in [0.15, 0.2) is 0 Å². The van der Waals surface area contributed by atoms with Crippen LogP contribution in [0.3, 0.4) is 0 Å². The van der Waals surface area contributed by atoms with E-state index in [0.717, 1.165) is 23.7 Å². The first-order valence-electron chi connectivity index (χ1n) is 8.19. The van der Waals surface area contributed by atoms with Gasteiger partial charge in [-0.3, -0.25) is 4.79 Å². The van der Waals surface area contributed by atoms with Crippen molar-refractivity contribution in [1.82, 2.24) is 14.8 Å². The average Bonchev–Trinajstić information content (AvgIpc) is 2.59. The third-order valence-electron chi connectivity index (χ3n) is 3.95. The molecule has 5 nitrogen and oxygen atoms in total. The molecule has 0 unspecified atom stereocenters. The Labute approximate surface area is 154 Å². The van der Waals surface area contributed by atoms with E-state index in [0.29, 0.717) is 17.9 Å². The van der Waals surface area contributed by atoms with E-state index in [-0.39, 0.29) is 5.91 Å². The monoisotopic (exact) mass is 360 g/mol. The molecule has 134 valence electrons. The fourth-order valence-corrected chi connectivity index (χ4v) is 2.79. The molecular weight excluding hydrogens is 336 g/mol. The predicted molar refractivity (Wildman–Crippen MR) is 103 cm³/mol. The molecule has 0 N–H and O–H groups in total. The van der Waals surface area contributed by atoms with Crippen LogP contribution in [0.5, 0.6) is 0 Å². The molecule has 0 saturated carbocycles. The predicted octanol–water partition coefficient (Wildman–Crippen LogP) is 3.01. The quantitative estimate of drug-likeness (QED) is 0.761. The number of likely N-dealkylation sites (N-methyl/N-ethyl adjacent to an activating group) is 2. The van der Waals surface area contributed by atoms with Gasteiger partial charge in [0.05, 0.1) is 5.56 Å². The highest BCUT2D eigenvalue weighted by atomic mass is 35.5. The Morgan fingerprint density at radius 1 is 1.08 bits per heavy atom. The van der Waals surface area contributed by atoms with Crippen LogP contribution in [0.25, 0.3) is 0 Å². The summed E-state index contributed by atoms with van der Waals surface area (Å²) in [4.78, 5) is 22.8. The number of rotatable bonds is 7. The maximum absolute atomic E-state index is 12.7. The van der Waals surface area contributed by atoms with Crippen LogP contribution < -0.4 is 4.90 Å². The van der Waals surface area contributed by atoms with E-state index in [1.807, 2.05) is 57.4 Å². The lowest BCUT2D eigenvalue weighted by Gasteiger charge is -2.24. The summed E-state index contributed by atoms with van der Waals surface area (Å²) >= 11 is 6.02. The first-order chi connectivity index (χ1) is 11.9. The highest BCUT2D eigenvalue weighted by molar-refractivity contribution is 6.30. The number of hydrogen-bond acceptors (Lipinski definition) is 4. The summed E-state index contributed by atoms with van der Waals surface area (Å²) in [5.41, 5.74) is 1.78. The lowest BCUT2D eigenvalue weighted by Crippen LogP contribution is -2.35. The Balaban J connectivity index is 1.93. The van der Waals surface area contributed by atoms with E-state index in [9.17, 15) is 4.79 Å². The molecule has 2 rings (SSSR count). The van der Waals surface area contributed by atoms with Gasteiger partial charge in [0.25, 0.3) is 5.91 Å². The van der Waals surface area contributed by atoms with Crippen molar-refractivity contribution in [3.05, 3.63) is 58.7 Å². The molecule has 0 spiro atoms. The fraction of sp³-hybridized carbons (Fsp3) is 0.368. The molecule has 6 heteroatoms. The molecule has 0 aliphatic heterocycles. The number of anilines is 1. The number of benzene rings is 1. The van der Waals surface area contributed by atoms with E-state index in [1.54, 1.807) is 17.2 Å². The van der Waals surface area contributed by atoms with Crippen molar-refractivity contribution in [1.29, 1.82) is 0 Å². The van der Waals surface area contributed by atoms with Crippen LogP contribution in [0, 0.1) is 0 Å². The molecule has 1 heterocycles. The molecule has 0 aliphatic carbocycles. The average molecular weight is 361 g/mol. The first kappa shape index (κ1) is 19.2. The zero-order chi connectivity index (χ0) is 18.4. The van der Waals surface area contributed by atoms with Gasteiger partial charge >= 0.3 is 0 Å². The van der Waals surface area contributed by atoms with Gasteiger partial charge in [0, 0.05) is 52.0 Å². The second-order valence-corrected chi connectivity index (χ2v) is 6.80. The molecule has 1 aromatic carbocycles. The zero-order valence-corrected chi connectivity index (χ0v) is 16.0. The van der Waals surface area contributed by atoms with Crippen molar-refractivity contribution in [2.75, 3.05) is 46.2 Å². The number of carbonyl (C=O) groups excluding carboxylic acids is 1. The summed E-state index contributed by atoms with van der Waals surface area (Å²) in [6.45, 7) is 2.20. The minimum absolute atomic E-state index is 0.0204. The SMILES string of the molecule is CN(CCN(C)C(=O)c1cccnc1N(C)C)Cc1cccc(Cl)c1. The van der Waals surface area contributed by atoms with Gasteiger partial charge in [-0.15, -0.1) is 0 Å². The van der Waals surface area contributed by atoms with Gasteiger partial charge in [-0.1, -0.05) is 23.7 Å². The van der Waals surface area contributed by atoms with Crippen LogP contribution in [0.15, 0.2) is 42.6 Å². The summed E-state index contributed by atoms with van der Waals surface area (Å²) < 4.78 is 0. The topological polar surface area (TPSA) is 39.7 Å². The molecule has 0 radical (unpaired) electrons. The second-order valence-electron chi connectivity index (χ2n) is 6.36. The zero-order valence-electron chi connectivity index (χ0n) is 15.2. The lowest BCUT2D eigenvalue weighted by atomic mass is 10.2. The number of carbonyl (C=O) groups is 1. The standard InChI is InChI=1S/C19H25ClN4O/c1-22(2)18-17(9-6-10-21-18)19(25)24(4)12-11-23(3)14-15-7-5-8-16(20)13-15/h5-10,13H,11-12,14H2,1-4H3. The highest BCUT2D eigenvalue weighted by Crippen LogP contribution is 2.16. The van der Waals surface area contributed by atoms with Crippen LogP contribution in [-0.4, -0.2) is 62.0 Å². The van der Waals surface area contributed by atoms with Crippen molar-refractivity contribution < 1.29 is 4.79 Å². The third-order valence-corrected chi connectivity index (χ3v) is 4.18. The largest absolute Gasteiger partial charge is 0.362 e. The van der Waals surface area contributed by atoms with Crippen LogP contribution in [0.4, 0.5) is 5.82 Å². The Bertz CT molecular complexity index is 720. The minimum Gasteiger partial charge on any atom is -0.362 e. The second kappa shape index (κ2) is 8.83. The van der Waals surface area contributed by atoms with Gasteiger partial charge in [-0.25, -0.2) is 4.98 Å². The van der Waals surface area contributed by atoms with Gasteiger partial charge < -0.3 is 14.7 Å². The van der Waals surface area contributed by atoms with Crippen molar-refractivity contribution in [2.24, 2.45) is 0 Å². The fourth-order valence-electron chi connectivity index (χ4n) is 2.57. The van der Waals surface area contributed by atoms with Crippen molar-refractivity contribution in [3.8, 4) is 0 Å². The molecule has 25 heavy (non-hydrogen) atoms. The summed E-state index contributed by atoms with van der Waals surface area (Å²) in [6, 6.07) is 11.4. The summed E-state index contributed by atoms with van der Waals surface area (Å²) in [6.07, 6.45) is 1.70. The smallest absolute Gasteiger partial charge is 0.257 e. The molecule has 0 fully saturated rings. The molecule has 1 aromatic heterocycles. The molecule has 0 bridgehead atoms.